The molecule has 1 N–H and O–H groups in total. The van der Waals surface area contributed by atoms with Crippen LogP contribution in [0.3, 0.4) is 0 Å². The molecule has 0 bridgehead atoms. The lowest BCUT2D eigenvalue weighted by atomic mass is 10.1. The third kappa shape index (κ3) is 7.32. The number of hydrogen-bond acceptors (Lipinski definition) is 4. The molecule has 0 spiro atoms. The zero-order valence-electron chi connectivity index (χ0n) is 13.9. The molecule has 1 fully saturated rings. The summed E-state index contributed by atoms with van der Waals surface area (Å²) < 4.78 is 5.39. The summed E-state index contributed by atoms with van der Waals surface area (Å²) in [6, 6.07) is 0.143. The summed E-state index contributed by atoms with van der Waals surface area (Å²) >= 11 is 0. The fourth-order valence-corrected chi connectivity index (χ4v) is 2.31. The zero-order valence-corrected chi connectivity index (χ0v) is 13.9. The van der Waals surface area contributed by atoms with Crippen LogP contribution in [0, 0.1) is 0 Å². The summed E-state index contributed by atoms with van der Waals surface area (Å²) in [6.07, 6.45) is 2.30. The highest BCUT2D eigenvalue weighted by molar-refractivity contribution is 5.78. The van der Waals surface area contributed by atoms with Crippen LogP contribution in [0.1, 0.15) is 40.0 Å². The third-order valence-corrected chi connectivity index (χ3v) is 3.20. The van der Waals surface area contributed by atoms with Crippen molar-refractivity contribution in [2.24, 2.45) is 0 Å². The van der Waals surface area contributed by atoms with Gasteiger partial charge in [-0.1, -0.05) is 0 Å². The van der Waals surface area contributed by atoms with E-state index in [1.54, 1.807) is 4.90 Å². The van der Waals surface area contributed by atoms with Gasteiger partial charge in [-0.25, -0.2) is 4.79 Å². The van der Waals surface area contributed by atoms with Crippen LogP contribution in [0.25, 0.3) is 0 Å². The normalized spacial score (nSPS) is 20.1. The van der Waals surface area contributed by atoms with Gasteiger partial charge in [0.2, 0.25) is 5.91 Å². The molecule has 122 valence electrons. The van der Waals surface area contributed by atoms with E-state index in [9.17, 15) is 9.59 Å². The van der Waals surface area contributed by atoms with Crippen molar-refractivity contribution in [1.82, 2.24) is 15.1 Å². The van der Waals surface area contributed by atoms with Crippen molar-refractivity contribution in [2.45, 2.75) is 51.7 Å². The van der Waals surface area contributed by atoms with Crippen LogP contribution in [0.4, 0.5) is 4.79 Å². The van der Waals surface area contributed by atoms with E-state index in [0.717, 1.165) is 19.3 Å². The molecular weight excluding hydrogens is 270 g/mol. The van der Waals surface area contributed by atoms with Gasteiger partial charge in [-0.15, -0.1) is 0 Å². The van der Waals surface area contributed by atoms with Crippen LogP contribution in [0.15, 0.2) is 0 Å². The lowest BCUT2D eigenvalue weighted by Crippen LogP contribution is -2.41. The first-order chi connectivity index (χ1) is 9.67. The highest BCUT2D eigenvalue weighted by Crippen LogP contribution is 2.15. The van der Waals surface area contributed by atoms with E-state index in [0.29, 0.717) is 19.6 Å². The fraction of sp³-hybridized carbons (Fsp3) is 0.867. The van der Waals surface area contributed by atoms with E-state index in [4.69, 9.17) is 4.74 Å². The molecule has 1 heterocycles. The Hall–Kier alpha value is -1.30. The van der Waals surface area contributed by atoms with E-state index in [1.165, 1.54) is 0 Å². The van der Waals surface area contributed by atoms with Crippen LogP contribution in [0.5, 0.6) is 0 Å². The average molecular weight is 299 g/mol. The van der Waals surface area contributed by atoms with Crippen LogP contribution in [-0.4, -0.2) is 67.2 Å². The summed E-state index contributed by atoms with van der Waals surface area (Å²) in [5, 5.41) is 3.04. The molecule has 21 heavy (non-hydrogen) atoms. The van der Waals surface area contributed by atoms with Gasteiger partial charge in [0.1, 0.15) is 5.60 Å². The van der Waals surface area contributed by atoms with Gasteiger partial charge in [0.05, 0.1) is 6.54 Å². The second kappa shape index (κ2) is 7.64. The summed E-state index contributed by atoms with van der Waals surface area (Å²) in [6.45, 7) is 7.32. The fourth-order valence-electron chi connectivity index (χ4n) is 2.31. The molecule has 0 aromatic rings. The first-order valence-corrected chi connectivity index (χ1v) is 7.59. The van der Waals surface area contributed by atoms with Gasteiger partial charge in [-0.3, -0.25) is 4.79 Å². The van der Waals surface area contributed by atoms with Crippen LogP contribution in [-0.2, 0) is 9.53 Å². The number of amides is 2. The Morgan fingerprint density at radius 2 is 1.90 bits per heavy atom. The molecule has 0 aromatic carbocycles. The van der Waals surface area contributed by atoms with E-state index in [2.05, 4.69) is 5.32 Å². The minimum Gasteiger partial charge on any atom is -0.444 e. The Labute approximate surface area is 127 Å². The van der Waals surface area contributed by atoms with Gasteiger partial charge in [0.25, 0.3) is 0 Å². The molecule has 0 aromatic heterocycles. The number of carbonyl (C=O) groups is 2. The maximum Gasteiger partial charge on any atom is 0.410 e. The van der Waals surface area contributed by atoms with Crippen molar-refractivity contribution >= 4 is 12.0 Å². The Bertz CT molecular complexity index is 364. The number of likely N-dealkylation sites (N-methyl/N-ethyl adjacent to an activating group) is 1. The van der Waals surface area contributed by atoms with Gasteiger partial charge in [-0.05, 0) is 54.1 Å². The molecule has 1 unspecified atom stereocenters. The number of likely N-dealkylation sites (tertiary alicyclic amines) is 1. The number of nitrogens with zero attached hydrogens (tertiary/aromatic N) is 2. The number of rotatable bonds is 3. The minimum absolute atomic E-state index is 0.0377. The van der Waals surface area contributed by atoms with Crippen molar-refractivity contribution in [2.75, 3.05) is 33.7 Å². The topological polar surface area (TPSA) is 61.9 Å². The number of nitrogens with one attached hydrogen (secondary N) is 1. The smallest absolute Gasteiger partial charge is 0.410 e. The lowest BCUT2D eigenvalue weighted by molar-refractivity contribution is -0.122. The van der Waals surface area contributed by atoms with Crippen molar-refractivity contribution in [1.29, 1.82) is 0 Å². The van der Waals surface area contributed by atoms with E-state index in [1.807, 2.05) is 39.8 Å². The average Bonchev–Trinajstić information content (AvgIpc) is 2.51. The van der Waals surface area contributed by atoms with Gasteiger partial charge >= 0.3 is 6.09 Å². The first kappa shape index (κ1) is 17.8. The van der Waals surface area contributed by atoms with E-state index < -0.39 is 5.60 Å². The Morgan fingerprint density at radius 3 is 2.48 bits per heavy atom. The maximum atomic E-state index is 12.1. The molecule has 1 saturated heterocycles. The Morgan fingerprint density at radius 1 is 1.24 bits per heavy atom. The predicted octanol–water partition coefficient (Wildman–Crippen LogP) is 1.45. The number of carbonyl (C=O) groups excluding carboxylic acids is 2. The molecule has 6 nitrogen and oxygen atoms in total. The molecule has 0 radical (unpaired) electrons. The summed E-state index contributed by atoms with van der Waals surface area (Å²) in [5.74, 6) is 0.0377. The molecule has 0 aliphatic carbocycles. The van der Waals surface area contributed by atoms with Crippen LogP contribution in [0.2, 0.25) is 0 Å². The first-order valence-electron chi connectivity index (χ1n) is 7.59. The number of ether oxygens (including phenoxy) is 1. The minimum atomic E-state index is -0.470. The van der Waals surface area contributed by atoms with Crippen molar-refractivity contribution in [3.8, 4) is 0 Å². The summed E-state index contributed by atoms with van der Waals surface area (Å²) in [7, 11) is 3.74. The van der Waals surface area contributed by atoms with Crippen LogP contribution >= 0.6 is 0 Å². The highest BCUT2D eigenvalue weighted by Gasteiger charge is 2.25. The summed E-state index contributed by atoms with van der Waals surface area (Å²) in [4.78, 5) is 27.4. The standard InChI is InChI=1S/C15H29N3O3/c1-15(2,3)21-14(20)18-9-6-7-12(8-10-18)16-13(19)11-17(4)5/h12H,6-11H2,1-5H3,(H,16,19). The lowest BCUT2D eigenvalue weighted by Gasteiger charge is -2.26. The molecule has 2 amide bonds. The SMILES string of the molecule is CN(C)CC(=O)NC1CCCN(C(=O)OC(C)(C)C)CC1. The third-order valence-electron chi connectivity index (χ3n) is 3.20. The summed E-state index contributed by atoms with van der Waals surface area (Å²) in [5.41, 5.74) is -0.470. The second-order valence-electron chi connectivity index (χ2n) is 6.90. The van der Waals surface area contributed by atoms with Gasteiger partial charge in [-0.2, -0.15) is 0 Å². The van der Waals surface area contributed by atoms with Gasteiger partial charge in [0, 0.05) is 19.1 Å². The predicted molar refractivity (Wildman–Crippen MR) is 82.1 cm³/mol. The largest absolute Gasteiger partial charge is 0.444 e. The van der Waals surface area contributed by atoms with E-state index in [-0.39, 0.29) is 18.0 Å². The maximum absolute atomic E-state index is 12.1. The van der Waals surface area contributed by atoms with Gasteiger partial charge < -0.3 is 19.9 Å². The molecular formula is C15H29N3O3. The second-order valence-corrected chi connectivity index (χ2v) is 6.90. The number of hydrogen-bond donors (Lipinski definition) is 1. The van der Waals surface area contributed by atoms with Crippen molar-refractivity contribution < 1.29 is 14.3 Å². The monoisotopic (exact) mass is 299 g/mol. The van der Waals surface area contributed by atoms with Crippen molar-refractivity contribution in [3.05, 3.63) is 0 Å². The quantitative estimate of drug-likeness (QED) is 0.857. The van der Waals surface area contributed by atoms with E-state index >= 15 is 0 Å². The molecule has 1 rings (SSSR count). The zero-order chi connectivity index (χ0) is 16.0. The Kier molecular flexibility index (Phi) is 6.45. The molecule has 1 aliphatic rings. The Balaban J connectivity index is 2.43. The molecule has 6 heteroatoms. The van der Waals surface area contributed by atoms with Crippen LogP contribution < -0.4 is 5.32 Å². The van der Waals surface area contributed by atoms with Gasteiger partial charge in [0.15, 0.2) is 0 Å². The van der Waals surface area contributed by atoms with Crippen molar-refractivity contribution in [3.63, 3.8) is 0 Å². The molecule has 1 atom stereocenters. The molecule has 0 saturated carbocycles. The highest BCUT2D eigenvalue weighted by atomic mass is 16.6. The molecule has 1 aliphatic heterocycles.